The van der Waals surface area contributed by atoms with Crippen LogP contribution in [-0.2, 0) is 24.8 Å². The van der Waals surface area contributed by atoms with Gasteiger partial charge in [0.05, 0.1) is 28.3 Å². The second-order valence-corrected chi connectivity index (χ2v) is 24.3. The van der Waals surface area contributed by atoms with E-state index in [0.717, 1.165) is 65.5 Å². The summed E-state index contributed by atoms with van der Waals surface area (Å²) in [6, 6.07) is 34.2. The van der Waals surface area contributed by atoms with Gasteiger partial charge in [0.25, 0.3) is 15.9 Å². The molecule has 2 fully saturated rings. The maximum Gasteiger partial charge on any atom is 0.306 e. The number of halogens is 2. The number of hydrogen-bond acceptors (Lipinski definition) is 11. The van der Waals surface area contributed by atoms with Crippen molar-refractivity contribution in [3.8, 4) is 22.4 Å². The molecule has 2 aliphatic rings. The van der Waals surface area contributed by atoms with Gasteiger partial charge in [0.15, 0.2) is 0 Å². The molecule has 3 heterocycles. The lowest BCUT2D eigenvalue weighted by Crippen LogP contribution is -2.46. The molecule has 6 aromatic rings. The zero-order chi connectivity index (χ0) is 52.9. The monoisotopic (exact) mass is 1080 g/mol. The average molecular weight is 1080 g/mol. The summed E-state index contributed by atoms with van der Waals surface area (Å²) in [5, 5.41) is 13.6. The number of benzene rings is 5. The maximum absolute atomic E-state index is 15.9. The first-order valence-electron chi connectivity index (χ1n) is 24.7. The average Bonchev–Trinajstić information content (AvgIpc) is 3.68. The van der Waals surface area contributed by atoms with Crippen molar-refractivity contribution in [3.05, 3.63) is 143 Å². The van der Waals surface area contributed by atoms with Crippen LogP contribution in [0.4, 0.5) is 27.1 Å². The second-order valence-electron chi connectivity index (χ2n) is 19.4. The fraction of sp³-hybridized carbons (Fsp3) is 0.345. The number of rotatable bonds is 19. The van der Waals surface area contributed by atoms with Gasteiger partial charge in [0.2, 0.25) is 10.0 Å². The number of carbonyl (C=O) groups excluding carboxylic acids is 1. The van der Waals surface area contributed by atoms with Crippen LogP contribution in [-0.4, -0.2) is 107 Å². The Labute approximate surface area is 443 Å². The van der Waals surface area contributed by atoms with Crippen LogP contribution >= 0.6 is 23.4 Å². The zero-order valence-electron chi connectivity index (χ0n) is 42.1. The number of nitrogens with zero attached hydrogens (tertiary/aromatic N) is 4. The molecule has 8 rings (SSSR count). The van der Waals surface area contributed by atoms with Crippen LogP contribution in [0, 0.1) is 25.6 Å². The first kappa shape index (κ1) is 54.2. The molecular formula is C55H63ClFN7O7S3. The van der Waals surface area contributed by atoms with Crippen molar-refractivity contribution < 1.29 is 35.9 Å². The summed E-state index contributed by atoms with van der Waals surface area (Å²) in [6.07, 6.45) is 3.05. The van der Waals surface area contributed by atoms with Gasteiger partial charge in [-0.25, -0.2) is 25.9 Å². The Balaban J connectivity index is 0.932. The Morgan fingerprint density at radius 3 is 2.05 bits per heavy atom. The molecule has 392 valence electrons. The van der Waals surface area contributed by atoms with Gasteiger partial charge in [0, 0.05) is 94.5 Å². The van der Waals surface area contributed by atoms with Crippen molar-refractivity contribution in [2.24, 2.45) is 5.92 Å². The predicted octanol–water partition coefficient (Wildman–Crippen LogP) is 10.4. The number of nitrogens with one attached hydrogen (secondary N) is 3. The number of aliphatic carboxylic acids is 1. The van der Waals surface area contributed by atoms with Crippen molar-refractivity contribution in [2.45, 2.75) is 68.8 Å². The fourth-order valence-corrected chi connectivity index (χ4v) is 12.6. The van der Waals surface area contributed by atoms with Crippen molar-refractivity contribution in [2.75, 3.05) is 77.7 Å². The van der Waals surface area contributed by atoms with Crippen molar-refractivity contribution in [1.82, 2.24) is 14.2 Å². The molecular weight excluding hydrogens is 1020 g/mol. The van der Waals surface area contributed by atoms with Gasteiger partial charge in [-0.3, -0.25) is 14.3 Å². The number of aromatic nitrogens is 1. The Bertz CT molecular complexity index is 3200. The van der Waals surface area contributed by atoms with E-state index in [9.17, 15) is 31.5 Å². The predicted molar refractivity (Wildman–Crippen MR) is 297 cm³/mol. The number of aryl methyl sites for hydroxylation is 1. The Morgan fingerprint density at radius 1 is 0.797 bits per heavy atom. The number of amides is 1. The molecule has 2 saturated heterocycles. The molecule has 5 aromatic carbocycles. The van der Waals surface area contributed by atoms with Gasteiger partial charge < -0.3 is 29.7 Å². The van der Waals surface area contributed by atoms with Crippen LogP contribution in [0.25, 0.3) is 22.4 Å². The minimum absolute atomic E-state index is 0.0706. The van der Waals surface area contributed by atoms with Crippen LogP contribution in [0.15, 0.2) is 125 Å². The number of thioether (sulfide) groups is 1. The van der Waals surface area contributed by atoms with Gasteiger partial charge >= 0.3 is 5.97 Å². The van der Waals surface area contributed by atoms with Gasteiger partial charge in [-0.15, -0.1) is 11.8 Å². The lowest BCUT2D eigenvalue weighted by molar-refractivity contribution is -0.143. The summed E-state index contributed by atoms with van der Waals surface area (Å²) >= 11 is 8.04. The fourth-order valence-electron chi connectivity index (χ4n) is 9.94. The molecule has 1 amide bonds. The van der Waals surface area contributed by atoms with Crippen LogP contribution in [0.1, 0.15) is 60.8 Å². The number of hydrogen-bond donors (Lipinski definition) is 4. The first-order chi connectivity index (χ1) is 35.2. The van der Waals surface area contributed by atoms with Gasteiger partial charge in [-0.05, 0) is 162 Å². The van der Waals surface area contributed by atoms with E-state index in [4.69, 9.17) is 11.6 Å². The SMILES string of the molecule is Cc1cc(S(=O)(=O)Nc2ccc(N3CCN(c4cc(F)cc(-c5c(C(=O)NS(C)(=O)=O)c(C)n(C(C)C)c5-c5ccc(Cl)cc5)c4)CC3)cc2)ccc1N[C@H](CCN1CCC(C(=O)O)CC1)CSc1ccccc1. The third-order valence-corrected chi connectivity index (χ3v) is 17.0. The van der Waals surface area contributed by atoms with E-state index in [1.54, 1.807) is 55.1 Å². The lowest BCUT2D eigenvalue weighted by atomic mass is 9.95. The van der Waals surface area contributed by atoms with Gasteiger partial charge in [-0.2, -0.15) is 0 Å². The number of likely N-dealkylation sites (tertiary alicyclic amines) is 1. The summed E-state index contributed by atoms with van der Waals surface area (Å²) in [4.78, 5) is 33.2. The number of carboxylic acid groups (broad SMARTS) is 1. The Hall–Kier alpha value is -6.05. The lowest BCUT2D eigenvalue weighted by Gasteiger charge is -2.37. The van der Waals surface area contributed by atoms with Crippen LogP contribution < -0.4 is 24.6 Å². The number of carboxylic acids is 1. The van der Waals surface area contributed by atoms with Crippen molar-refractivity contribution >= 4 is 78.0 Å². The minimum Gasteiger partial charge on any atom is -0.481 e. The third-order valence-electron chi connectivity index (χ3n) is 13.7. The van der Waals surface area contributed by atoms with Crippen LogP contribution in [0.3, 0.4) is 0 Å². The van der Waals surface area contributed by atoms with Crippen LogP contribution in [0.5, 0.6) is 0 Å². The quantitative estimate of drug-likeness (QED) is 0.0567. The third kappa shape index (κ3) is 13.2. The number of anilines is 4. The topological polar surface area (TPSA) is 173 Å². The summed E-state index contributed by atoms with van der Waals surface area (Å²) in [6.45, 7) is 12.1. The largest absolute Gasteiger partial charge is 0.481 e. The minimum atomic E-state index is -3.94. The summed E-state index contributed by atoms with van der Waals surface area (Å²) in [7, 11) is -7.89. The maximum atomic E-state index is 15.9. The normalized spacial score (nSPS) is 15.3. The smallest absolute Gasteiger partial charge is 0.306 e. The highest BCUT2D eigenvalue weighted by Gasteiger charge is 2.31. The standard InChI is InChI=1S/C55H63ClFN7O7S3/c1-36(2)64-38(4)51(54(65)60-73(5,68)69)52(53(64)39-11-13-42(56)14-12-39)41-32-43(57)34-47(33-41)63-29-27-62(28-30-63)46-17-15-44(16-18-46)59-74(70,71)49-19-20-50(37(3)31-49)58-45(35-72-48-9-7-6-8-10-48)23-26-61-24-21-40(22-25-61)55(66)67/h6-20,31-34,36,40,45,58-59H,21-30,35H2,1-5H3,(H,60,65)(H,66,67)/t45-/m1/s1. The second kappa shape index (κ2) is 23.2. The van der Waals surface area contributed by atoms with E-state index in [1.807, 2.05) is 79.9 Å². The number of piperazine rings is 1. The van der Waals surface area contributed by atoms with E-state index < -0.39 is 37.7 Å². The van der Waals surface area contributed by atoms with Gasteiger partial charge in [0.1, 0.15) is 5.82 Å². The number of piperidine rings is 1. The van der Waals surface area contributed by atoms with E-state index in [0.29, 0.717) is 77.9 Å². The van der Waals surface area contributed by atoms with E-state index in [-0.39, 0.29) is 28.5 Å². The molecule has 19 heteroatoms. The molecule has 14 nitrogen and oxygen atoms in total. The molecule has 0 radical (unpaired) electrons. The highest BCUT2D eigenvalue weighted by Crippen LogP contribution is 2.43. The summed E-state index contributed by atoms with van der Waals surface area (Å²) < 4.78 is 75.0. The zero-order valence-corrected chi connectivity index (χ0v) is 45.4. The van der Waals surface area contributed by atoms with E-state index >= 15 is 4.39 Å². The number of sulfonamides is 2. The Morgan fingerprint density at radius 2 is 1.45 bits per heavy atom. The molecule has 1 atom stereocenters. The number of carbonyl (C=O) groups is 2. The Kier molecular flexibility index (Phi) is 17.0. The molecule has 74 heavy (non-hydrogen) atoms. The molecule has 4 N–H and O–H groups in total. The summed E-state index contributed by atoms with van der Waals surface area (Å²) in [5.74, 6) is -1.55. The molecule has 0 aliphatic carbocycles. The first-order valence-corrected chi connectivity index (χ1v) is 29.4. The molecule has 0 spiro atoms. The van der Waals surface area contributed by atoms with Crippen molar-refractivity contribution in [3.63, 3.8) is 0 Å². The highest BCUT2D eigenvalue weighted by atomic mass is 35.5. The molecule has 0 saturated carbocycles. The van der Waals surface area contributed by atoms with E-state index in [1.165, 1.54) is 12.1 Å². The van der Waals surface area contributed by atoms with Crippen molar-refractivity contribution in [1.29, 1.82) is 0 Å². The highest BCUT2D eigenvalue weighted by molar-refractivity contribution is 7.99. The molecule has 1 aromatic heterocycles. The van der Waals surface area contributed by atoms with E-state index in [2.05, 4.69) is 41.6 Å². The van der Waals surface area contributed by atoms with Gasteiger partial charge in [-0.1, -0.05) is 41.9 Å². The van der Waals surface area contributed by atoms with Crippen LogP contribution in [0.2, 0.25) is 5.02 Å². The molecule has 2 aliphatic heterocycles. The molecule has 0 unspecified atom stereocenters. The summed E-state index contributed by atoms with van der Waals surface area (Å²) in [5.41, 5.74) is 6.35. The molecule has 0 bridgehead atoms.